The lowest BCUT2D eigenvalue weighted by molar-refractivity contribution is 0.175. The minimum atomic E-state index is -0.141. The summed E-state index contributed by atoms with van der Waals surface area (Å²) in [5.41, 5.74) is 3.47. The maximum Gasteiger partial charge on any atom is 0.114 e. The van der Waals surface area contributed by atoms with Crippen LogP contribution in [0.5, 0.6) is 0 Å². The van der Waals surface area contributed by atoms with Gasteiger partial charge in [-0.1, -0.05) is 5.21 Å². The van der Waals surface area contributed by atoms with Crippen molar-refractivity contribution < 1.29 is 9.84 Å². The van der Waals surface area contributed by atoms with E-state index in [1.165, 1.54) is 5.69 Å². The fraction of sp³-hybridized carbons (Fsp3) is 0.500. The van der Waals surface area contributed by atoms with Gasteiger partial charge in [-0.15, -0.1) is 5.10 Å². The molecule has 1 aliphatic rings. The number of ether oxygens (including phenoxy) is 1. The van der Waals surface area contributed by atoms with Gasteiger partial charge in [0.25, 0.3) is 0 Å². The third-order valence-electron chi connectivity index (χ3n) is 4.24. The molecule has 0 radical (unpaired) electrons. The first kappa shape index (κ1) is 15.9. The Morgan fingerprint density at radius 1 is 1.09 bits per heavy atom. The van der Waals surface area contributed by atoms with E-state index in [1.54, 1.807) is 11.8 Å². The molecule has 1 aromatic carbocycles. The predicted octanol–water partition coefficient (Wildman–Crippen LogP) is 0.658. The van der Waals surface area contributed by atoms with Crippen molar-refractivity contribution in [3.05, 3.63) is 35.7 Å². The lowest BCUT2D eigenvalue weighted by atomic mass is 10.2. The Bertz CT molecular complexity index is 632. The first-order valence-electron chi connectivity index (χ1n) is 7.80. The molecule has 0 spiro atoms. The number of benzene rings is 1. The summed E-state index contributed by atoms with van der Waals surface area (Å²) in [6.45, 7) is 4.48. The Morgan fingerprint density at radius 2 is 1.74 bits per heavy atom. The molecule has 1 aliphatic heterocycles. The number of hydrogen-bond donors (Lipinski definition) is 1. The van der Waals surface area contributed by atoms with Crippen LogP contribution in [0, 0.1) is 0 Å². The van der Waals surface area contributed by atoms with Crippen molar-refractivity contribution in [2.24, 2.45) is 0 Å². The monoisotopic (exact) mass is 317 g/mol. The van der Waals surface area contributed by atoms with Crippen LogP contribution >= 0.6 is 0 Å². The molecule has 2 heterocycles. The molecule has 0 amide bonds. The average molecular weight is 317 g/mol. The highest BCUT2D eigenvalue weighted by molar-refractivity contribution is 5.51. The van der Waals surface area contributed by atoms with Crippen molar-refractivity contribution in [3.63, 3.8) is 0 Å². The minimum absolute atomic E-state index is 0.141. The molecule has 3 rings (SSSR count). The van der Waals surface area contributed by atoms with E-state index < -0.39 is 0 Å². The molecule has 0 bridgehead atoms. The van der Waals surface area contributed by atoms with Crippen molar-refractivity contribution in [1.29, 1.82) is 0 Å². The van der Waals surface area contributed by atoms with Gasteiger partial charge in [-0.25, -0.2) is 4.68 Å². The van der Waals surface area contributed by atoms with Gasteiger partial charge in [0.15, 0.2) is 0 Å². The second kappa shape index (κ2) is 7.08. The van der Waals surface area contributed by atoms with Crippen molar-refractivity contribution >= 4 is 5.69 Å². The van der Waals surface area contributed by atoms with Crippen LogP contribution in [-0.2, 0) is 18.0 Å². The molecule has 0 saturated carbocycles. The minimum Gasteiger partial charge on any atom is -0.390 e. The molecule has 2 aromatic rings. The van der Waals surface area contributed by atoms with Crippen LogP contribution in [0.2, 0.25) is 0 Å². The van der Waals surface area contributed by atoms with Crippen LogP contribution in [0.3, 0.4) is 0 Å². The second-order valence-corrected chi connectivity index (χ2v) is 5.79. The smallest absolute Gasteiger partial charge is 0.114 e. The number of aromatic nitrogens is 3. The SMILES string of the molecule is COCc1c(CO)nnn1-c1ccc(N2CCN(C)CC2)cc1. The van der Waals surface area contributed by atoms with Gasteiger partial charge in [0.05, 0.1) is 24.6 Å². The molecule has 124 valence electrons. The molecular weight excluding hydrogens is 294 g/mol. The predicted molar refractivity (Wildman–Crippen MR) is 87.7 cm³/mol. The highest BCUT2D eigenvalue weighted by atomic mass is 16.5. The van der Waals surface area contributed by atoms with Crippen molar-refractivity contribution in [3.8, 4) is 5.69 Å². The zero-order chi connectivity index (χ0) is 16.2. The molecule has 0 unspecified atom stereocenters. The summed E-state index contributed by atoms with van der Waals surface area (Å²) in [6, 6.07) is 8.28. The van der Waals surface area contributed by atoms with E-state index in [4.69, 9.17) is 4.74 Å². The van der Waals surface area contributed by atoms with Gasteiger partial charge in [0, 0.05) is 39.0 Å². The lowest BCUT2D eigenvalue weighted by Gasteiger charge is -2.34. The number of piperazine rings is 1. The number of aliphatic hydroxyl groups excluding tert-OH is 1. The van der Waals surface area contributed by atoms with E-state index in [0.29, 0.717) is 12.3 Å². The third-order valence-corrected chi connectivity index (χ3v) is 4.24. The first-order valence-corrected chi connectivity index (χ1v) is 7.80. The van der Waals surface area contributed by atoms with Crippen molar-refractivity contribution in [2.45, 2.75) is 13.2 Å². The molecule has 0 atom stereocenters. The van der Waals surface area contributed by atoms with E-state index in [9.17, 15) is 5.11 Å². The number of nitrogens with zero attached hydrogens (tertiary/aromatic N) is 5. The van der Waals surface area contributed by atoms with Crippen LogP contribution in [0.15, 0.2) is 24.3 Å². The molecule has 7 heteroatoms. The van der Waals surface area contributed by atoms with Gasteiger partial charge in [-0.2, -0.15) is 0 Å². The number of anilines is 1. The van der Waals surface area contributed by atoms with Crippen molar-refractivity contribution in [1.82, 2.24) is 19.9 Å². The normalized spacial score (nSPS) is 16.0. The quantitative estimate of drug-likeness (QED) is 0.874. The van der Waals surface area contributed by atoms with E-state index >= 15 is 0 Å². The standard InChI is InChI=1S/C16H23N5O2/c1-19-7-9-20(10-8-19)13-3-5-14(6-4-13)21-16(12-23-2)15(11-22)17-18-21/h3-6,22H,7-12H2,1-2H3. The Labute approximate surface area is 136 Å². The van der Waals surface area contributed by atoms with Crippen LogP contribution in [-0.4, -0.2) is 65.3 Å². The topological polar surface area (TPSA) is 66.7 Å². The van der Waals surface area contributed by atoms with E-state index in [2.05, 4.69) is 39.3 Å². The molecule has 1 aromatic heterocycles. The number of likely N-dealkylation sites (N-methyl/N-ethyl adjacent to an activating group) is 1. The summed E-state index contributed by atoms with van der Waals surface area (Å²) in [7, 11) is 3.77. The molecule has 1 fully saturated rings. The molecule has 23 heavy (non-hydrogen) atoms. The van der Waals surface area contributed by atoms with Gasteiger partial charge in [-0.05, 0) is 31.3 Å². The maximum atomic E-state index is 9.36. The zero-order valence-corrected chi connectivity index (χ0v) is 13.6. The Hall–Kier alpha value is -1.96. The summed E-state index contributed by atoms with van der Waals surface area (Å²) in [5.74, 6) is 0. The Balaban J connectivity index is 1.81. The van der Waals surface area contributed by atoms with Crippen LogP contribution in [0.4, 0.5) is 5.69 Å². The van der Waals surface area contributed by atoms with Crippen LogP contribution in [0.25, 0.3) is 5.69 Å². The number of methoxy groups -OCH3 is 1. The summed E-state index contributed by atoms with van der Waals surface area (Å²) in [4.78, 5) is 4.73. The highest BCUT2D eigenvalue weighted by Gasteiger charge is 2.16. The van der Waals surface area contributed by atoms with Crippen LogP contribution in [0.1, 0.15) is 11.4 Å². The van der Waals surface area contributed by atoms with Gasteiger partial charge in [0.1, 0.15) is 5.69 Å². The first-order chi connectivity index (χ1) is 11.2. The van der Waals surface area contributed by atoms with Gasteiger partial charge >= 0.3 is 0 Å². The number of rotatable bonds is 5. The summed E-state index contributed by atoms with van der Waals surface area (Å²) >= 11 is 0. The third kappa shape index (κ3) is 3.36. The average Bonchev–Trinajstić information content (AvgIpc) is 2.99. The zero-order valence-electron chi connectivity index (χ0n) is 13.6. The van der Waals surface area contributed by atoms with Gasteiger partial charge in [0.2, 0.25) is 0 Å². The number of aliphatic hydroxyl groups is 1. The maximum absolute atomic E-state index is 9.36. The summed E-state index contributed by atoms with van der Waals surface area (Å²) in [5, 5.41) is 17.5. The van der Waals surface area contributed by atoms with Gasteiger partial charge in [-0.3, -0.25) is 0 Å². The largest absolute Gasteiger partial charge is 0.390 e. The molecule has 1 saturated heterocycles. The fourth-order valence-electron chi connectivity index (χ4n) is 2.81. The Morgan fingerprint density at radius 3 is 2.35 bits per heavy atom. The molecule has 1 N–H and O–H groups in total. The fourth-order valence-corrected chi connectivity index (χ4v) is 2.81. The van der Waals surface area contributed by atoms with Gasteiger partial charge < -0.3 is 19.6 Å². The second-order valence-electron chi connectivity index (χ2n) is 5.79. The molecular formula is C16H23N5O2. The molecule has 7 nitrogen and oxygen atoms in total. The van der Waals surface area contributed by atoms with Crippen molar-refractivity contribution in [2.75, 3.05) is 45.2 Å². The Kier molecular flexibility index (Phi) is 4.90. The van der Waals surface area contributed by atoms with E-state index in [-0.39, 0.29) is 6.61 Å². The lowest BCUT2D eigenvalue weighted by Crippen LogP contribution is -2.44. The summed E-state index contributed by atoms with van der Waals surface area (Å²) in [6.07, 6.45) is 0. The van der Waals surface area contributed by atoms with E-state index in [1.807, 2.05) is 12.1 Å². The summed E-state index contributed by atoms with van der Waals surface area (Å²) < 4.78 is 6.92. The van der Waals surface area contributed by atoms with E-state index in [0.717, 1.165) is 37.6 Å². The number of hydrogen-bond acceptors (Lipinski definition) is 6. The molecule has 0 aliphatic carbocycles. The van der Waals surface area contributed by atoms with Crippen LogP contribution < -0.4 is 4.90 Å². The highest BCUT2D eigenvalue weighted by Crippen LogP contribution is 2.20.